The van der Waals surface area contributed by atoms with Gasteiger partial charge in [-0.15, -0.1) is 24.8 Å². The van der Waals surface area contributed by atoms with Crippen molar-refractivity contribution < 1.29 is 0 Å². The van der Waals surface area contributed by atoms with E-state index in [1.807, 2.05) is 0 Å². The molecule has 172 valence electrons. The van der Waals surface area contributed by atoms with E-state index < -0.39 is 0 Å². The molecule has 1 unspecified atom stereocenters. The van der Waals surface area contributed by atoms with Crippen molar-refractivity contribution in [2.45, 2.75) is 38.5 Å². The number of likely N-dealkylation sites (tertiary alicyclic amines) is 1. The fourth-order valence-corrected chi connectivity index (χ4v) is 5.52. The van der Waals surface area contributed by atoms with Crippen LogP contribution in [-0.2, 0) is 0 Å². The molecule has 0 spiro atoms. The van der Waals surface area contributed by atoms with Crippen LogP contribution in [0.3, 0.4) is 0 Å². The van der Waals surface area contributed by atoms with Crippen LogP contribution in [0.2, 0.25) is 0 Å². The largest absolute Gasteiger partial charge is 0.316 e. The third-order valence-corrected chi connectivity index (χ3v) is 7.20. The summed E-state index contributed by atoms with van der Waals surface area (Å²) < 4.78 is 0. The van der Waals surface area contributed by atoms with Crippen molar-refractivity contribution in [3.05, 3.63) is 76.4 Å². The molecule has 1 aliphatic carbocycles. The van der Waals surface area contributed by atoms with E-state index in [4.69, 9.17) is 0 Å². The number of hydrogen-bond donors (Lipinski definition) is 1. The van der Waals surface area contributed by atoms with Gasteiger partial charge in [-0.1, -0.05) is 66.3 Å². The van der Waals surface area contributed by atoms with Gasteiger partial charge in [-0.05, 0) is 91.9 Å². The van der Waals surface area contributed by atoms with Crippen LogP contribution in [0.15, 0.2) is 54.1 Å². The molecule has 1 atom stereocenters. The van der Waals surface area contributed by atoms with E-state index in [2.05, 4.69) is 70.9 Å². The zero-order valence-corrected chi connectivity index (χ0v) is 20.5. The Bertz CT molecular complexity index is 882. The van der Waals surface area contributed by atoms with Crippen molar-refractivity contribution in [3.8, 4) is 0 Å². The minimum Gasteiger partial charge on any atom is -0.316 e. The molecule has 2 aliphatic heterocycles. The third-order valence-electron chi connectivity index (χ3n) is 7.20. The fourth-order valence-electron chi connectivity index (χ4n) is 5.52. The molecule has 2 fully saturated rings. The van der Waals surface area contributed by atoms with Gasteiger partial charge >= 0.3 is 0 Å². The fraction of sp³-hybridized carbons (Fsp3) is 0.429. The summed E-state index contributed by atoms with van der Waals surface area (Å²) in [5.41, 5.74) is 8.66. The van der Waals surface area contributed by atoms with Gasteiger partial charge in [0.05, 0.1) is 0 Å². The van der Waals surface area contributed by atoms with Crippen LogP contribution in [0.25, 0.3) is 17.7 Å². The second-order valence-corrected chi connectivity index (χ2v) is 9.18. The monoisotopic (exact) mass is 470 g/mol. The van der Waals surface area contributed by atoms with Gasteiger partial charge in [0.1, 0.15) is 0 Å². The molecule has 2 heterocycles. The summed E-state index contributed by atoms with van der Waals surface area (Å²) in [6.07, 6.45) is 12.5. The molecule has 3 aliphatic rings. The Kier molecular flexibility index (Phi) is 9.43. The third kappa shape index (κ3) is 5.66. The topological polar surface area (TPSA) is 15.3 Å². The Labute approximate surface area is 206 Å². The van der Waals surface area contributed by atoms with Crippen molar-refractivity contribution in [1.29, 1.82) is 0 Å². The van der Waals surface area contributed by atoms with Crippen LogP contribution in [0.4, 0.5) is 0 Å². The number of halogens is 2. The summed E-state index contributed by atoms with van der Waals surface area (Å²) in [6.45, 7) is 6.15. The van der Waals surface area contributed by atoms with Crippen molar-refractivity contribution >= 4 is 42.5 Å². The first kappa shape index (κ1) is 25.1. The average Bonchev–Trinajstić information content (AvgIpc) is 2.97. The molecule has 0 radical (unpaired) electrons. The summed E-state index contributed by atoms with van der Waals surface area (Å²) >= 11 is 0. The highest BCUT2D eigenvalue weighted by molar-refractivity contribution is 5.94. The van der Waals surface area contributed by atoms with E-state index in [1.54, 1.807) is 5.57 Å². The summed E-state index contributed by atoms with van der Waals surface area (Å²) in [7, 11) is 0. The average molecular weight is 472 g/mol. The summed E-state index contributed by atoms with van der Waals surface area (Å²) in [6, 6.07) is 17.8. The summed E-state index contributed by atoms with van der Waals surface area (Å²) in [4.78, 5) is 2.70. The standard InChI is InChI=1S/C28H34N2.2ClH/c1-3-11-26-23(9-1)13-14-24-10-2-4-12-27(24)28(26)25-15-19-30(20-16-25)18-6-8-22-7-5-17-29-21-22;;/h1-4,9-14,22,29H,5-8,15-21H2;2*1H. The van der Waals surface area contributed by atoms with E-state index in [0.29, 0.717) is 0 Å². The lowest BCUT2D eigenvalue weighted by molar-refractivity contribution is 0.239. The number of nitrogens with one attached hydrogen (secondary N) is 1. The van der Waals surface area contributed by atoms with E-state index in [1.165, 1.54) is 99.1 Å². The molecule has 2 aromatic carbocycles. The molecular weight excluding hydrogens is 435 g/mol. The number of rotatable bonds is 4. The molecule has 32 heavy (non-hydrogen) atoms. The number of hydrogen-bond acceptors (Lipinski definition) is 2. The van der Waals surface area contributed by atoms with E-state index >= 15 is 0 Å². The molecule has 0 amide bonds. The smallest absolute Gasteiger partial charge is 0.00190 e. The van der Waals surface area contributed by atoms with Crippen molar-refractivity contribution in [3.63, 3.8) is 0 Å². The Hall–Kier alpha value is -1.58. The van der Waals surface area contributed by atoms with Gasteiger partial charge in [0.15, 0.2) is 0 Å². The Balaban J connectivity index is 0.00000144. The molecule has 1 N–H and O–H groups in total. The highest BCUT2D eigenvalue weighted by atomic mass is 35.5. The molecular formula is C28H36Cl2N2. The lowest BCUT2D eigenvalue weighted by atomic mass is 9.86. The second-order valence-electron chi connectivity index (χ2n) is 9.18. The van der Waals surface area contributed by atoms with Crippen LogP contribution in [0.1, 0.15) is 60.8 Å². The quantitative estimate of drug-likeness (QED) is 0.456. The molecule has 4 heteroatoms. The SMILES string of the molecule is C1=Cc2ccccc2C(=C2CCN(CCCC3CCCNC3)CC2)c2ccccc21.Cl.Cl. The normalized spacial score (nSPS) is 20.4. The van der Waals surface area contributed by atoms with Crippen LogP contribution < -0.4 is 5.32 Å². The van der Waals surface area contributed by atoms with Gasteiger partial charge in [-0.3, -0.25) is 0 Å². The number of nitrogens with zero attached hydrogens (tertiary/aromatic N) is 1. The van der Waals surface area contributed by atoms with Crippen LogP contribution in [0.5, 0.6) is 0 Å². The Morgan fingerprint density at radius 2 is 1.47 bits per heavy atom. The molecule has 0 aromatic heterocycles. The van der Waals surface area contributed by atoms with Crippen molar-refractivity contribution in [2.24, 2.45) is 5.92 Å². The first-order valence-electron chi connectivity index (χ1n) is 11.9. The maximum Gasteiger partial charge on any atom is 0.00190 e. The number of fused-ring (bicyclic) bond motifs is 2. The predicted octanol–water partition coefficient (Wildman–Crippen LogP) is 6.69. The predicted molar refractivity (Wildman–Crippen MR) is 143 cm³/mol. The van der Waals surface area contributed by atoms with Crippen LogP contribution in [-0.4, -0.2) is 37.6 Å². The van der Waals surface area contributed by atoms with Gasteiger partial charge in [0.2, 0.25) is 0 Å². The van der Waals surface area contributed by atoms with E-state index in [9.17, 15) is 0 Å². The zero-order valence-electron chi connectivity index (χ0n) is 18.9. The first-order valence-corrected chi connectivity index (χ1v) is 11.9. The molecule has 0 saturated carbocycles. The minimum atomic E-state index is 0. The molecule has 0 bridgehead atoms. The van der Waals surface area contributed by atoms with Gasteiger partial charge in [0.25, 0.3) is 0 Å². The van der Waals surface area contributed by atoms with Gasteiger partial charge in [0, 0.05) is 13.1 Å². The molecule has 5 rings (SSSR count). The number of benzene rings is 2. The summed E-state index contributed by atoms with van der Waals surface area (Å²) in [5.74, 6) is 0.910. The van der Waals surface area contributed by atoms with E-state index in [0.717, 1.165) is 5.92 Å². The first-order chi connectivity index (χ1) is 14.9. The minimum absolute atomic E-state index is 0. The maximum absolute atomic E-state index is 3.56. The molecule has 2 saturated heterocycles. The zero-order chi connectivity index (χ0) is 20.2. The molecule has 2 nitrogen and oxygen atoms in total. The number of piperidine rings is 2. The van der Waals surface area contributed by atoms with Gasteiger partial charge in [-0.2, -0.15) is 0 Å². The Morgan fingerprint density at radius 3 is 2.06 bits per heavy atom. The van der Waals surface area contributed by atoms with Crippen LogP contribution in [0, 0.1) is 5.92 Å². The Morgan fingerprint density at radius 1 is 0.844 bits per heavy atom. The summed E-state index contributed by atoms with van der Waals surface area (Å²) in [5, 5.41) is 3.56. The second kappa shape index (κ2) is 12.0. The highest BCUT2D eigenvalue weighted by Crippen LogP contribution is 2.38. The molecule has 2 aromatic rings. The lowest BCUT2D eigenvalue weighted by Crippen LogP contribution is -2.33. The van der Waals surface area contributed by atoms with Crippen molar-refractivity contribution in [1.82, 2.24) is 10.2 Å². The highest BCUT2D eigenvalue weighted by Gasteiger charge is 2.22. The van der Waals surface area contributed by atoms with Crippen LogP contribution >= 0.6 is 24.8 Å². The van der Waals surface area contributed by atoms with Crippen molar-refractivity contribution in [2.75, 3.05) is 32.7 Å². The van der Waals surface area contributed by atoms with E-state index in [-0.39, 0.29) is 24.8 Å². The van der Waals surface area contributed by atoms with Gasteiger partial charge in [-0.25, -0.2) is 0 Å². The maximum atomic E-state index is 3.56. The lowest BCUT2D eigenvalue weighted by Gasteiger charge is -2.31. The van der Waals surface area contributed by atoms with Gasteiger partial charge < -0.3 is 10.2 Å².